The van der Waals surface area contributed by atoms with Crippen LogP contribution in [0.5, 0.6) is 5.75 Å². The number of carbonyl (C=O) groups is 1. The lowest BCUT2D eigenvalue weighted by atomic mass is 9.83. The fraction of sp³-hybridized carbons (Fsp3) is 0.462. The van der Waals surface area contributed by atoms with Crippen LogP contribution in [0.25, 0.3) is 0 Å². The molecular formula is C13H18O3. The van der Waals surface area contributed by atoms with Gasteiger partial charge in [0.05, 0.1) is 19.6 Å². The summed E-state index contributed by atoms with van der Waals surface area (Å²) in [6.45, 7) is 5.61. The second kappa shape index (κ2) is 4.56. The Labute approximate surface area is 96.4 Å². The van der Waals surface area contributed by atoms with E-state index in [0.717, 1.165) is 16.9 Å². The summed E-state index contributed by atoms with van der Waals surface area (Å²) in [6.07, 6.45) is 0. The van der Waals surface area contributed by atoms with Gasteiger partial charge in [-0.3, -0.25) is 4.79 Å². The van der Waals surface area contributed by atoms with Gasteiger partial charge in [0.15, 0.2) is 0 Å². The Hall–Kier alpha value is -1.51. The molecule has 0 bridgehead atoms. The molecule has 3 nitrogen and oxygen atoms in total. The number of hydrogen-bond donors (Lipinski definition) is 0. The molecule has 0 fully saturated rings. The SMILES string of the molecule is COC(=O)C(C)(C)c1cccc(C)c1OC. The quantitative estimate of drug-likeness (QED) is 0.737. The van der Waals surface area contributed by atoms with Gasteiger partial charge in [-0.25, -0.2) is 0 Å². The van der Waals surface area contributed by atoms with Crippen molar-refractivity contribution in [2.75, 3.05) is 14.2 Å². The third kappa shape index (κ3) is 2.03. The first-order valence-corrected chi connectivity index (χ1v) is 5.17. The van der Waals surface area contributed by atoms with Gasteiger partial charge < -0.3 is 9.47 Å². The standard InChI is InChI=1S/C13H18O3/c1-9-7-6-8-10(11(9)15-4)13(2,3)12(14)16-5/h6-8H,1-5H3. The summed E-state index contributed by atoms with van der Waals surface area (Å²) in [6, 6.07) is 5.76. The summed E-state index contributed by atoms with van der Waals surface area (Å²) in [5, 5.41) is 0. The van der Waals surface area contributed by atoms with E-state index in [4.69, 9.17) is 9.47 Å². The molecule has 0 aliphatic rings. The fourth-order valence-corrected chi connectivity index (χ4v) is 1.78. The van der Waals surface area contributed by atoms with Crippen LogP contribution < -0.4 is 4.74 Å². The van der Waals surface area contributed by atoms with Crippen molar-refractivity contribution in [3.8, 4) is 5.75 Å². The lowest BCUT2D eigenvalue weighted by molar-refractivity contribution is -0.146. The highest BCUT2D eigenvalue weighted by molar-refractivity contribution is 5.83. The third-order valence-electron chi connectivity index (χ3n) is 2.79. The molecular weight excluding hydrogens is 204 g/mol. The smallest absolute Gasteiger partial charge is 0.315 e. The minimum atomic E-state index is -0.702. The molecule has 0 spiro atoms. The van der Waals surface area contributed by atoms with Crippen molar-refractivity contribution >= 4 is 5.97 Å². The predicted octanol–water partition coefficient (Wildman–Crippen LogP) is 2.45. The second-order valence-electron chi connectivity index (χ2n) is 4.27. The van der Waals surface area contributed by atoms with Gasteiger partial charge in [-0.15, -0.1) is 0 Å². The van der Waals surface area contributed by atoms with Crippen LogP contribution in [-0.4, -0.2) is 20.2 Å². The van der Waals surface area contributed by atoms with E-state index in [1.54, 1.807) is 7.11 Å². The van der Waals surface area contributed by atoms with Gasteiger partial charge in [0.1, 0.15) is 5.75 Å². The summed E-state index contributed by atoms with van der Waals surface area (Å²) >= 11 is 0. The van der Waals surface area contributed by atoms with Crippen LogP contribution in [0.2, 0.25) is 0 Å². The molecule has 0 atom stereocenters. The number of para-hydroxylation sites is 1. The maximum Gasteiger partial charge on any atom is 0.315 e. The van der Waals surface area contributed by atoms with E-state index in [1.807, 2.05) is 39.0 Å². The maximum atomic E-state index is 11.7. The predicted molar refractivity (Wildman–Crippen MR) is 62.8 cm³/mol. The van der Waals surface area contributed by atoms with E-state index in [2.05, 4.69) is 0 Å². The molecule has 0 aliphatic carbocycles. The van der Waals surface area contributed by atoms with Crippen LogP contribution in [0, 0.1) is 6.92 Å². The molecule has 1 aromatic carbocycles. The fourth-order valence-electron chi connectivity index (χ4n) is 1.78. The van der Waals surface area contributed by atoms with Gasteiger partial charge in [-0.05, 0) is 26.3 Å². The molecule has 0 radical (unpaired) electrons. The molecule has 0 aromatic heterocycles. The number of benzene rings is 1. The number of hydrogen-bond acceptors (Lipinski definition) is 3. The molecule has 0 aliphatic heterocycles. The van der Waals surface area contributed by atoms with Gasteiger partial charge in [0, 0.05) is 5.56 Å². The molecule has 0 unspecified atom stereocenters. The third-order valence-corrected chi connectivity index (χ3v) is 2.79. The number of esters is 1. The number of aryl methyl sites for hydroxylation is 1. The minimum Gasteiger partial charge on any atom is -0.496 e. The first-order valence-electron chi connectivity index (χ1n) is 5.17. The summed E-state index contributed by atoms with van der Waals surface area (Å²) in [5.74, 6) is 0.481. The first-order chi connectivity index (χ1) is 7.45. The number of carbonyl (C=O) groups excluding carboxylic acids is 1. The molecule has 88 valence electrons. The summed E-state index contributed by atoms with van der Waals surface area (Å²) in [4.78, 5) is 11.7. The zero-order valence-corrected chi connectivity index (χ0v) is 10.5. The monoisotopic (exact) mass is 222 g/mol. The molecule has 1 rings (SSSR count). The lowest BCUT2D eigenvalue weighted by Crippen LogP contribution is -2.30. The molecule has 0 heterocycles. The van der Waals surface area contributed by atoms with E-state index in [-0.39, 0.29) is 5.97 Å². The van der Waals surface area contributed by atoms with E-state index in [0.29, 0.717) is 0 Å². The van der Waals surface area contributed by atoms with Gasteiger partial charge in [-0.2, -0.15) is 0 Å². The summed E-state index contributed by atoms with van der Waals surface area (Å²) in [7, 11) is 3.01. The van der Waals surface area contributed by atoms with Crippen LogP contribution in [0.4, 0.5) is 0 Å². The molecule has 0 N–H and O–H groups in total. The normalized spacial score (nSPS) is 11.1. The Morgan fingerprint density at radius 1 is 1.25 bits per heavy atom. The van der Waals surface area contributed by atoms with Crippen LogP contribution in [-0.2, 0) is 14.9 Å². The summed E-state index contributed by atoms with van der Waals surface area (Å²) in [5.41, 5.74) is 1.16. The molecule has 16 heavy (non-hydrogen) atoms. The zero-order valence-electron chi connectivity index (χ0n) is 10.5. The number of methoxy groups -OCH3 is 2. The van der Waals surface area contributed by atoms with E-state index in [9.17, 15) is 4.79 Å². The molecule has 1 aromatic rings. The van der Waals surface area contributed by atoms with Gasteiger partial charge >= 0.3 is 5.97 Å². The highest BCUT2D eigenvalue weighted by Gasteiger charge is 2.33. The average molecular weight is 222 g/mol. The Kier molecular flexibility index (Phi) is 3.58. The Morgan fingerprint density at radius 3 is 2.38 bits per heavy atom. The largest absolute Gasteiger partial charge is 0.496 e. The minimum absolute atomic E-state index is 0.267. The van der Waals surface area contributed by atoms with Gasteiger partial charge in [0.25, 0.3) is 0 Å². The topological polar surface area (TPSA) is 35.5 Å². The van der Waals surface area contributed by atoms with Crippen molar-refractivity contribution in [2.24, 2.45) is 0 Å². The molecule has 0 saturated heterocycles. The maximum absolute atomic E-state index is 11.7. The highest BCUT2D eigenvalue weighted by Crippen LogP contribution is 2.34. The van der Waals surface area contributed by atoms with Crippen molar-refractivity contribution in [2.45, 2.75) is 26.2 Å². The first kappa shape index (κ1) is 12.6. The Morgan fingerprint density at radius 2 is 1.88 bits per heavy atom. The highest BCUT2D eigenvalue weighted by atomic mass is 16.5. The van der Waals surface area contributed by atoms with Crippen molar-refractivity contribution in [3.63, 3.8) is 0 Å². The van der Waals surface area contributed by atoms with Crippen molar-refractivity contribution in [1.82, 2.24) is 0 Å². The van der Waals surface area contributed by atoms with Crippen LogP contribution in [0.1, 0.15) is 25.0 Å². The van der Waals surface area contributed by atoms with Gasteiger partial charge in [0.2, 0.25) is 0 Å². The molecule has 3 heteroatoms. The van der Waals surface area contributed by atoms with Crippen LogP contribution in [0.15, 0.2) is 18.2 Å². The Bertz CT molecular complexity index is 394. The van der Waals surface area contributed by atoms with Gasteiger partial charge in [-0.1, -0.05) is 18.2 Å². The van der Waals surface area contributed by atoms with Crippen LogP contribution in [0.3, 0.4) is 0 Å². The van der Waals surface area contributed by atoms with Crippen molar-refractivity contribution in [1.29, 1.82) is 0 Å². The average Bonchev–Trinajstić information content (AvgIpc) is 2.27. The van der Waals surface area contributed by atoms with Crippen LogP contribution >= 0.6 is 0 Å². The number of ether oxygens (including phenoxy) is 2. The second-order valence-corrected chi connectivity index (χ2v) is 4.27. The zero-order chi connectivity index (χ0) is 12.3. The van der Waals surface area contributed by atoms with Crippen molar-refractivity contribution in [3.05, 3.63) is 29.3 Å². The van der Waals surface area contributed by atoms with Crippen molar-refractivity contribution < 1.29 is 14.3 Å². The molecule has 0 saturated carbocycles. The van der Waals surface area contributed by atoms with E-state index >= 15 is 0 Å². The summed E-state index contributed by atoms with van der Waals surface area (Å²) < 4.78 is 10.2. The lowest BCUT2D eigenvalue weighted by Gasteiger charge is -2.25. The number of rotatable bonds is 3. The van der Waals surface area contributed by atoms with E-state index < -0.39 is 5.41 Å². The van der Waals surface area contributed by atoms with E-state index in [1.165, 1.54) is 7.11 Å². The molecule has 0 amide bonds. The Balaban J connectivity index is 3.32.